The molecule has 0 saturated carbocycles. The number of thiazole rings is 1. The van der Waals surface area contributed by atoms with Crippen LogP contribution in [0.3, 0.4) is 0 Å². The summed E-state index contributed by atoms with van der Waals surface area (Å²) in [5, 5.41) is 11.4. The van der Waals surface area contributed by atoms with E-state index in [1.54, 1.807) is 35.8 Å². The van der Waals surface area contributed by atoms with E-state index in [1.807, 2.05) is 26.0 Å². The number of hydrogen-bond acceptors (Lipinski definition) is 7. The predicted octanol–water partition coefficient (Wildman–Crippen LogP) is 4.22. The molecule has 2 heterocycles. The van der Waals surface area contributed by atoms with E-state index in [0.29, 0.717) is 22.9 Å². The Morgan fingerprint density at radius 3 is 2.76 bits per heavy atom. The molecular weight excluding hydrogens is 406 g/mol. The van der Waals surface area contributed by atoms with Gasteiger partial charge in [0.1, 0.15) is 22.6 Å². The number of aryl methyl sites for hydroxylation is 1. The molecule has 1 atom stereocenters. The van der Waals surface area contributed by atoms with Crippen molar-refractivity contribution in [2.24, 2.45) is 0 Å². The maximum atomic E-state index is 12.8. The highest BCUT2D eigenvalue weighted by atomic mass is 32.2. The number of nitrogens with zero attached hydrogens (tertiary/aromatic N) is 3. The Morgan fingerprint density at radius 2 is 2.07 bits per heavy atom. The molecule has 8 heteroatoms. The summed E-state index contributed by atoms with van der Waals surface area (Å²) in [6.07, 6.45) is 1.49. The number of benzene rings is 2. The van der Waals surface area contributed by atoms with Crippen molar-refractivity contribution in [2.45, 2.75) is 30.6 Å². The second-order valence-electron chi connectivity index (χ2n) is 6.97. The van der Waals surface area contributed by atoms with Gasteiger partial charge in [-0.05, 0) is 49.7 Å². The molecule has 1 aliphatic rings. The number of nitriles is 1. The smallest absolute Gasteiger partial charge is 0.185 e. The zero-order valence-corrected chi connectivity index (χ0v) is 17.6. The van der Waals surface area contributed by atoms with Crippen molar-refractivity contribution in [1.29, 1.82) is 5.26 Å². The fourth-order valence-electron chi connectivity index (χ4n) is 3.44. The maximum Gasteiger partial charge on any atom is 0.185 e. The lowest BCUT2D eigenvalue weighted by atomic mass is 10.1. The minimum Gasteiger partial charge on any atom is -0.487 e. The molecule has 0 N–H and O–H groups in total. The van der Waals surface area contributed by atoms with Gasteiger partial charge in [0, 0.05) is 23.3 Å². The molecule has 148 valence electrons. The number of ether oxygens (including phenoxy) is 1. The molecule has 0 radical (unpaired) electrons. The summed E-state index contributed by atoms with van der Waals surface area (Å²) in [5.41, 5.74) is 3.36. The molecule has 3 aromatic rings. The van der Waals surface area contributed by atoms with Gasteiger partial charge >= 0.3 is 0 Å². The van der Waals surface area contributed by atoms with Crippen molar-refractivity contribution in [3.8, 4) is 11.8 Å². The van der Waals surface area contributed by atoms with Crippen LogP contribution < -0.4 is 9.64 Å². The second kappa shape index (κ2) is 7.50. The summed E-state index contributed by atoms with van der Waals surface area (Å²) in [5.74, 6) is 0.407. The van der Waals surface area contributed by atoms with Crippen LogP contribution >= 0.6 is 11.3 Å². The zero-order valence-electron chi connectivity index (χ0n) is 16.0. The van der Waals surface area contributed by atoms with Crippen molar-refractivity contribution in [3.05, 3.63) is 64.1 Å². The molecule has 0 bridgehead atoms. The highest BCUT2D eigenvalue weighted by molar-refractivity contribution is 7.90. The lowest BCUT2D eigenvalue weighted by Crippen LogP contribution is -2.35. The van der Waals surface area contributed by atoms with Crippen LogP contribution in [0.1, 0.15) is 23.1 Å². The van der Waals surface area contributed by atoms with E-state index in [0.717, 1.165) is 16.9 Å². The van der Waals surface area contributed by atoms with Crippen LogP contribution in [0.2, 0.25) is 0 Å². The molecule has 29 heavy (non-hydrogen) atoms. The first-order valence-corrected chi connectivity index (χ1v) is 11.6. The van der Waals surface area contributed by atoms with Gasteiger partial charge in [-0.25, -0.2) is 13.4 Å². The largest absolute Gasteiger partial charge is 0.487 e. The average molecular weight is 426 g/mol. The Balaban J connectivity index is 1.72. The predicted molar refractivity (Wildman–Crippen MR) is 112 cm³/mol. The Bertz CT molecular complexity index is 1200. The molecule has 0 saturated heterocycles. The molecule has 2 aromatic carbocycles. The topological polar surface area (TPSA) is 83.3 Å². The summed E-state index contributed by atoms with van der Waals surface area (Å²) in [6.45, 7) is 4.54. The molecule has 4 rings (SSSR count). The van der Waals surface area contributed by atoms with Gasteiger partial charge < -0.3 is 9.64 Å². The fraction of sp³-hybridized carbons (Fsp3) is 0.238. The van der Waals surface area contributed by atoms with Crippen molar-refractivity contribution >= 4 is 32.5 Å². The summed E-state index contributed by atoms with van der Waals surface area (Å²) >= 11 is 1.32. The van der Waals surface area contributed by atoms with Gasteiger partial charge in [-0.15, -0.1) is 11.3 Å². The standard InChI is InChI=1S/C21H19N3O3S2/c1-14-9-16(11-22)3-5-18(14)24-12-15(2)27-20-10-17(4-6-19(20)24)29(25,26)13-21-23-7-8-28-21/h3-10,15H,12-13H2,1-2H3/t15-/m1/s1. The van der Waals surface area contributed by atoms with Crippen LogP contribution in [0.4, 0.5) is 11.4 Å². The molecule has 0 unspecified atom stereocenters. The lowest BCUT2D eigenvalue weighted by molar-refractivity contribution is 0.217. The molecule has 0 fully saturated rings. The van der Waals surface area contributed by atoms with Crippen molar-refractivity contribution in [1.82, 2.24) is 4.98 Å². The number of rotatable bonds is 4. The first-order valence-electron chi connectivity index (χ1n) is 9.07. The first kappa shape index (κ1) is 19.4. The third kappa shape index (κ3) is 3.84. The first-order chi connectivity index (χ1) is 13.9. The minimum absolute atomic E-state index is 0.116. The maximum absolute atomic E-state index is 12.8. The van der Waals surface area contributed by atoms with E-state index in [9.17, 15) is 8.42 Å². The molecule has 1 aliphatic heterocycles. The van der Waals surface area contributed by atoms with Crippen LogP contribution in [0.5, 0.6) is 5.75 Å². The van der Waals surface area contributed by atoms with Gasteiger partial charge in [0.05, 0.1) is 28.8 Å². The van der Waals surface area contributed by atoms with Crippen LogP contribution in [0, 0.1) is 18.3 Å². The van der Waals surface area contributed by atoms with Crippen molar-refractivity contribution in [2.75, 3.05) is 11.4 Å². The van der Waals surface area contributed by atoms with Crippen LogP contribution in [-0.2, 0) is 15.6 Å². The third-order valence-electron chi connectivity index (χ3n) is 4.76. The van der Waals surface area contributed by atoms with Gasteiger partial charge in [-0.2, -0.15) is 5.26 Å². The quantitative estimate of drug-likeness (QED) is 0.622. The summed E-state index contributed by atoms with van der Waals surface area (Å²) < 4.78 is 31.6. The summed E-state index contributed by atoms with van der Waals surface area (Å²) in [6, 6.07) is 12.7. The van der Waals surface area contributed by atoms with Crippen molar-refractivity contribution < 1.29 is 13.2 Å². The molecule has 0 aliphatic carbocycles. The molecular formula is C21H19N3O3S2. The van der Waals surface area contributed by atoms with E-state index in [2.05, 4.69) is 16.0 Å². The second-order valence-corrected chi connectivity index (χ2v) is 9.94. The third-order valence-corrected chi connectivity index (χ3v) is 7.35. The number of aromatic nitrogens is 1. The lowest BCUT2D eigenvalue weighted by Gasteiger charge is -2.36. The van der Waals surface area contributed by atoms with Crippen molar-refractivity contribution in [3.63, 3.8) is 0 Å². The van der Waals surface area contributed by atoms with Crippen LogP contribution in [0.15, 0.2) is 52.9 Å². The Morgan fingerprint density at radius 1 is 1.28 bits per heavy atom. The Labute approximate surface area is 173 Å². The minimum atomic E-state index is -3.52. The average Bonchev–Trinajstić information content (AvgIpc) is 3.19. The van der Waals surface area contributed by atoms with E-state index in [4.69, 9.17) is 10.00 Å². The number of hydrogen-bond donors (Lipinski definition) is 0. The van der Waals surface area contributed by atoms with Gasteiger partial charge in [0.25, 0.3) is 0 Å². The zero-order chi connectivity index (χ0) is 20.6. The molecule has 0 amide bonds. The van der Waals surface area contributed by atoms with Crippen LogP contribution in [0.25, 0.3) is 0 Å². The fourth-order valence-corrected chi connectivity index (χ4v) is 5.71. The van der Waals surface area contributed by atoms with Crippen LogP contribution in [-0.4, -0.2) is 26.1 Å². The van der Waals surface area contributed by atoms with Gasteiger partial charge in [0.15, 0.2) is 9.84 Å². The monoisotopic (exact) mass is 425 g/mol. The number of anilines is 2. The number of fused-ring (bicyclic) bond motifs is 1. The van der Waals surface area contributed by atoms with E-state index < -0.39 is 9.84 Å². The molecule has 0 spiro atoms. The molecule has 6 nitrogen and oxygen atoms in total. The summed E-state index contributed by atoms with van der Waals surface area (Å²) in [7, 11) is -3.52. The SMILES string of the molecule is Cc1cc(C#N)ccc1N1C[C@@H](C)Oc2cc(S(=O)(=O)Cc3nccs3)ccc21. The highest BCUT2D eigenvalue weighted by Gasteiger charge is 2.27. The van der Waals surface area contributed by atoms with Gasteiger partial charge in [0.2, 0.25) is 0 Å². The Kier molecular flexibility index (Phi) is 5.03. The highest BCUT2D eigenvalue weighted by Crippen LogP contribution is 2.41. The van der Waals surface area contributed by atoms with E-state index in [-0.39, 0.29) is 16.8 Å². The number of sulfone groups is 1. The summed E-state index contributed by atoms with van der Waals surface area (Å²) in [4.78, 5) is 6.41. The molecule has 1 aromatic heterocycles. The van der Waals surface area contributed by atoms with E-state index >= 15 is 0 Å². The van der Waals surface area contributed by atoms with Gasteiger partial charge in [-0.3, -0.25) is 0 Å². The normalized spacial score (nSPS) is 16.0. The Hall–Kier alpha value is -2.89. The van der Waals surface area contributed by atoms with Gasteiger partial charge in [-0.1, -0.05) is 0 Å². The van der Waals surface area contributed by atoms with E-state index in [1.165, 1.54) is 11.3 Å².